The van der Waals surface area contributed by atoms with Crippen LogP contribution in [0.5, 0.6) is 0 Å². The van der Waals surface area contributed by atoms with Crippen LogP contribution in [0.4, 0.5) is 4.39 Å². The first-order chi connectivity index (χ1) is 10.2. The molecule has 0 amide bonds. The van der Waals surface area contributed by atoms with Crippen molar-refractivity contribution in [3.8, 4) is 0 Å². The topological polar surface area (TPSA) is 45.1 Å². The summed E-state index contributed by atoms with van der Waals surface area (Å²) in [6.07, 6.45) is 3.53. The summed E-state index contributed by atoms with van der Waals surface area (Å²) in [6, 6.07) is 6.75. The third-order valence-electron chi connectivity index (χ3n) is 4.45. The minimum absolute atomic E-state index is 0.0801. The van der Waals surface area contributed by atoms with Crippen molar-refractivity contribution in [3.05, 3.63) is 41.8 Å². The van der Waals surface area contributed by atoms with Gasteiger partial charge in [-0.15, -0.1) is 0 Å². The maximum atomic E-state index is 13.7. The number of nitrogens with one attached hydrogen (secondary N) is 1. The largest absolute Gasteiger partial charge is 0.396 e. The fraction of sp³-hybridized carbons (Fsp3) is 0.471. The molecule has 2 N–H and O–H groups in total. The maximum absolute atomic E-state index is 13.7. The summed E-state index contributed by atoms with van der Waals surface area (Å²) in [5.74, 6) is -0.242. The number of halogens is 1. The molecule has 0 unspecified atom stereocenters. The molecule has 2 aromatic rings. The van der Waals surface area contributed by atoms with Gasteiger partial charge in [0.05, 0.1) is 5.52 Å². The average molecular weight is 290 g/mol. The van der Waals surface area contributed by atoms with Gasteiger partial charge in [-0.05, 0) is 36.6 Å². The van der Waals surface area contributed by atoms with Crippen LogP contribution in [-0.4, -0.2) is 23.2 Å². The molecular weight excluding hydrogens is 267 g/mol. The third kappa shape index (κ3) is 3.39. The predicted octanol–water partition coefficient (Wildman–Crippen LogP) is 3.26. The molecule has 3 nitrogen and oxygen atoms in total. The zero-order valence-corrected chi connectivity index (χ0v) is 12.7. The Hall–Kier alpha value is -1.52. The van der Waals surface area contributed by atoms with Crippen LogP contribution in [0.3, 0.4) is 0 Å². The molecule has 21 heavy (non-hydrogen) atoms. The Morgan fingerprint density at radius 2 is 2.00 bits per heavy atom. The van der Waals surface area contributed by atoms with Crippen molar-refractivity contribution in [2.45, 2.75) is 33.2 Å². The molecule has 0 aliphatic rings. The fourth-order valence-corrected chi connectivity index (χ4v) is 2.58. The normalized spacial score (nSPS) is 12.0. The molecule has 0 atom stereocenters. The third-order valence-corrected chi connectivity index (χ3v) is 4.45. The highest BCUT2D eigenvalue weighted by Gasteiger charge is 2.24. The van der Waals surface area contributed by atoms with Gasteiger partial charge in [0.25, 0.3) is 0 Å². The molecule has 0 radical (unpaired) electrons. The van der Waals surface area contributed by atoms with Crippen LogP contribution in [0.1, 0.15) is 32.3 Å². The number of rotatable bonds is 7. The monoisotopic (exact) mass is 290 g/mol. The SMILES string of the molecule is CCC(CC)(CO)CNCc1ccc(F)c2cccnc12. The summed E-state index contributed by atoms with van der Waals surface area (Å²) in [5, 5.41) is 13.5. The average Bonchev–Trinajstić information content (AvgIpc) is 2.54. The number of aliphatic hydroxyl groups excluding tert-OH is 1. The van der Waals surface area contributed by atoms with Gasteiger partial charge in [-0.3, -0.25) is 4.98 Å². The number of aliphatic hydroxyl groups is 1. The van der Waals surface area contributed by atoms with Crippen LogP contribution >= 0.6 is 0 Å². The minimum Gasteiger partial charge on any atom is -0.396 e. The minimum atomic E-state index is -0.242. The number of hydrogen-bond donors (Lipinski definition) is 2. The molecule has 0 aliphatic carbocycles. The van der Waals surface area contributed by atoms with E-state index < -0.39 is 0 Å². The van der Waals surface area contributed by atoms with Crippen molar-refractivity contribution < 1.29 is 9.50 Å². The smallest absolute Gasteiger partial charge is 0.132 e. The van der Waals surface area contributed by atoms with E-state index in [9.17, 15) is 9.50 Å². The van der Waals surface area contributed by atoms with E-state index in [0.717, 1.165) is 24.9 Å². The van der Waals surface area contributed by atoms with Gasteiger partial charge in [-0.25, -0.2) is 4.39 Å². The number of aromatic nitrogens is 1. The first kappa shape index (κ1) is 15.9. The molecule has 1 heterocycles. The first-order valence-corrected chi connectivity index (χ1v) is 7.49. The molecule has 0 fully saturated rings. The Labute approximate surface area is 125 Å². The Morgan fingerprint density at radius 3 is 2.67 bits per heavy atom. The zero-order chi connectivity index (χ0) is 15.3. The van der Waals surface area contributed by atoms with Crippen LogP contribution in [0.15, 0.2) is 30.5 Å². The van der Waals surface area contributed by atoms with E-state index >= 15 is 0 Å². The van der Waals surface area contributed by atoms with Gasteiger partial charge in [0, 0.05) is 36.7 Å². The summed E-state index contributed by atoms with van der Waals surface area (Å²) < 4.78 is 13.7. The summed E-state index contributed by atoms with van der Waals surface area (Å²) in [4.78, 5) is 4.29. The van der Waals surface area contributed by atoms with Gasteiger partial charge in [0.15, 0.2) is 0 Å². The maximum Gasteiger partial charge on any atom is 0.132 e. The number of nitrogens with zero attached hydrogens (tertiary/aromatic N) is 1. The second kappa shape index (κ2) is 6.96. The lowest BCUT2D eigenvalue weighted by atomic mass is 9.83. The molecule has 1 aromatic heterocycles. The first-order valence-electron chi connectivity index (χ1n) is 7.49. The van der Waals surface area contributed by atoms with Gasteiger partial charge in [-0.2, -0.15) is 0 Å². The van der Waals surface area contributed by atoms with Crippen molar-refractivity contribution in [1.29, 1.82) is 0 Å². The molecule has 1 aromatic carbocycles. The van der Waals surface area contributed by atoms with Crippen molar-refractivity contribution in [2.75, 3.05) is 13.2 Å². The predicted molar refractivity (Wildman–Crippen MR) is 83.5 cm³/mol. The van der Waals surface area contributed by atoms with Crippen molar-refractivity contribution >= 4 is 10.9 Å². The molecule has 0 saturated heterocycles. The van der Waals surface area contributed by atoms with Crippen LogP contribution in [0.25, 0.3) is 10.9 Å². The molecule has 4 heteroatoms. The number of benzene rings is 1. The highest BCUT2D eigenvalue weighted by atomic mass is 19.1. The lowest BCUT2D eigenvalue weighted by Gasteiger charge is -2.29. The van der Waals surface area contributed by atoms with Crippen LogP contribution in [0.2, 0.25) is 0 Å². The van der Waals surface area contributed by atoms with Crippen LogP contribution in [0, 0.1) is 11.2 Å². The molecule has 0 spiro atoms. The molecule has 2 rings (SSSR count). The Bertz CT molecular complexity index is 588. The van der Waals surface area contributed by atoms with E-state index in [4.69, 9.17) is 0 Å². The van der Waals surface area contributed by atoms with Crippen molar-refractivity contribution in [3.63, 3.8) is 0 Å². The van der Waals surface area contributed by atoms with Crippen LogP contribution in [-0.2, 0) is 6.54 Å². The number of fused-ring (bicyclic) bond motifs is 1. The Kier molecular flexibility index (Phi) is 5.26. The van der Waals surface area contributed by atoms with Gasteiger partial charge in [-0.1, -0.05) is 19.9 Å². The van der Waals surface area contributed by atoms with E-state index in [-0.39, 0.29) is 17.8 Å². The summed E-state index contributed by atoms with van der Waals surface area (Å²) in [6.45, 7) is 5.72. The van der Waals surface area contributed by atoms with E-state index in [1.807, 2.05) is 0 Å². The van der Waals surface area contributed by atoms with Gasteiger partial charge < -0.3 is 10.4 Å². The van der Waals surface area contributed by atoms with E-state index in [1.54, 1.807) is 24.4 Å². The summed E-state index contributed by atoms with van der Waals surface area (Å²) in [7, 11) is 0. The lowest BCUT2D eigenvalue weighted by molar-refractivity contribution is 0.113. The Balaban J connectivity index is 2.13. The fourth-order valence-electron chi connectivity index (χ4n) is 2.58. The highest BCUT2D eigenvalue weighted by molar-refractivity contribution is 5.82. The second-order valence-corrected chi connectivity index (χ2v) is 5.57. The van der Waals surface area contributed by atoms with Gasteiger partial charge in [0.2, 0.25) is 0 Å². The molecule has 0 aliphatic heterocycles. The quantitative estimate of drug-likeness (QED) is 0.822. The molecule has 114 valence electrons. The lowest BCUT2D eigenvalue weighted by Crippen LogP contribution is -2.36. The van der Waals surface area contributed by atoms with E-state index in [0.29, 0.717) is 17.4 Å². The van der Waals surface area contributed by atoms with Gasteiger partial charge >= 0.3 is 0 Å². The summed E-state index contributed by atoms with van der Waals surface area (Å²) >= 11 is 0. The van der Waals surface area contributed by atoms with Gasteiger partial charge in [0.1, 0.15) is 5.82 Å². The molecule has 0 saturated carbocycles. The zero-order valence-electron chi connectivity index (χ0n) is 12.7. The second-order valence-electron chi connectivity index (χ2n) is 5.57. The highest BCUT2D eigenvalue weighted by Crippen LogP contribution is 2.25. The molecule has 0 bridgehead atoms. The number of hydrogen-bond acceptors (Lipinski definition) is 3. The number of pyridine rings is 1. The molecular formula is C17H23FN2O. The summed E-state index contributed by atoms with van der Waals surface area (Å²) in [5.41, 5.74) is 1.60. The van der Waals surface area contributed by atoms with Crippen molar-refractivity contribution in [1.82, 2.24) is 10.3 Å². The van der Waals surface area contributed by atoms with E-state index in [2.05, 4.69) is 24.1 Å². The van der Waals surface area contributed by atoms with E-state index in [1.165, 1.54) is 6.07 Å². The standard InChI is InChI=1S/C17H23FN2O/c1-3-17(4-2,12-21)11-19-10-13-7-8-15(18)14-6-5-9-20-16(13)14/h5-9,19,21H,3-4,10-12H2,1-2H3. The Morgan fingerprint density at radius 1 is 1.24 bits per heavy atom. The van der Waals surface area contributed by atoms with Crippen LogP contribution < -0.4 is 5.32 Å². The van der Waals surface area contributed by atoms with Crippen molar-refractivity contribution in [2.24, 2.45) is 5.41 Å².